The summed E-state index contributed by atoms with van der Waals surface area (Å²) in [5.41, 5.74) is 6.87. The Morgan fingerprint density at radius 1 is 1.38 bits per heavy atom. The highest BCUT2D eigenvalue weighted by Gasteiger charge is 2.14. The van der Waals surface area contributed by atoms with Crippen molar-refractivity contribution in [2.24, 2.45) is 5.73 Å². The van der Waals surface area contributed by atoms with Gasteiger partial charge in [-0.3, -0.25) is 4.79 Å². The Kier molecular flexibility index (Phi) is 5.15. The van der Waals surface area contributed by atoms with E-state index in [1.54, 1.807) is 6.92 Å². The highest BCUT2D eigenvalue weighted by atomic mass is 16.3. The van der Waals surface area contributed by atoms with Gasteiger partial charge in [-0.25, -0.2) is 0 Å². The average Bonchev–Trinajstić information content (AvgIpc) is 2.27. The van der Waals surface area contributed by atoms with Gasteiger partial charge in [0.15, 0.2) is 0 Å². The van der Waals surface area contributed by atoms with Gasteiger partial charge in [-0.15, -0.1) is 0 Å². The maximum absolute atomic E-state index is 11.6. The lowest BCUT2D eigenvalue weighted by molar-refractivity contribution is -0.120. The molecule has 2 atom stereocenters. The van der Waals surface area contributed by atoms with Crippen molar-refractivity contribution in [2.75, 3.05) is 0 Å². The van der Waals surface area contributed by atoms with Crippen LogP contribution in [0.15, 0.2) is 30.3 Å². The van der Waals surface area contributed by atoms with Gasteiger partial charge in [0.2, 0.25) is 0 Å². The van der Waals surface area contributed by atoms with Crippen LogP contribution in [-0.2, 0) is 11.2 Å². The summed E-state index contributed by atoms with van der Waals surface area (Å²) in [6, 6.07) is 9.26. The van der Waals surface area contributed by atoms with Gasteiger partial charge in [-0.2, -0.15) is 0 Å². The van der Waals surface area contributed by atoms with Crippen molar-refractivity contribution in [3.05, 3.63) is 35.9 Å². The third-order valence-electron chi connectivity index (χ3n) is 2.52. The summed E-state index contributed by atoms with van der Waals surface area (Å²) in [4.78, 5) is 11.6. The van der Waals surface area contributed by atoms with Gasteiger partial charge in [0.1, 0.15) is 5.78 Å². The van der Waals surface area contributed by atoms with E-state index in [0.717, 1.165) is 5.56 Å². The van der Waals surface area contributed by atoms with E-state index in [-0.39, 0.29) is 5.78 Å². The lowest BCUT2D eigenvalue weighted by Crippen LogP contribution is -2.33. The average molecular weight is 221 g/mol. The van der Waals surface area contributed by atoms with E-state index in [2.05, 4.69) is 0 Å². The first-order valence-corrected chi connectivity index (χ1v) is 5.60. The number of hydrogen-bond acceptors (Lipinski definition) is 3. The second-order valence-electron chi connectivity index (χ2n) is 4.15. The Bertz CT molecular complexity index is 322. The molecule has 0 saturated heterocycles. The molecule has 3 heteroatoms. The molecular weight excluding hydrogens is 202 g/mol. The van der Waals surface area contributed by atoms with E-state index in [1.807, 2.05) is 30.3 Å². The lowest BCUT2D eigenvalue weighted by Gasteiger charge is -2.11. The summed E-state index contributed by atoms with van der Waals surface area (Å²) in [5.74, 6) is 0.0183. The fourth-order valence-corrected chi connectivity index (χ4v) is 1.52. The van der Waals surface area contributed by atoms with E-state index in [9.17, 15) is 4.79 Å². The lowest BCUT2D eigenvalue weighted by atomic mass is 10.00. The second-order valence-corrected chi connectivity index (χ2v) is 4.15. The standard InChI is InChI=1S/C13H19NO2/c1-10(15)7-8-13(16)12(14)9-11-5-3-2-4-6-11/h2-6,10,12,15H,7-9,14H2,1H3/t10?,12-/m0/s1. The van der Waals surface area contributed by atoms with Crippen molar-refractivity contribution in [2.45, 2.75) is 38.3 Å². The molecule has 0 aliphatic rings. The Labute approximate surface area is 96.3 Å². The number of nitrogens with two attached hydrogens (primary N) is 1. The zero-order valence-corrected chi connectivity index (χ0v) is 9.60. The number of aliphatic hydroxyl groups excluding tert-OH is 1. The van der Waals surface area contributed by atoms with E-state index in [4.69, 9.17) is 10.8 Å². The molecule has 1 aromatic carbocycles. The molecule has 1 unspecified atom stereocenters. The fourth-order valence-electron chi connectivity index (χ4n) is 1.52. The molecule has 0 amide bonds. The minimum Gasteiger partial charge on any atom is -0.393 e. The number of hydrogen-bond donors (Lipinski definition) is 2. The van der Waals surface area contributed by atoms with Crippen LogP contribution in [0.25, 0.3) is 0 Å². The molecule has 0 heterocycles. The molecule has 88 valence electrons. The van der Waals surface area contributed by atoms with Crippen LogP contribution >= 0.6 is 0 Å². The maximum atomic E-state index is 11.6. The summed E-state index contributed by atoms with van der Waals surface area (Å²) >= 11 is 0. The van der Waals surface area contributed by atoms with Crippen molar-refractivity contribution in [3.8, 4) is 0 Å². The van der Waals surface area contributed by atoms with Gasteiger partial charge < -0.3 is 10.8 Å². The van der Waals surface area contributed by atoms with Gasteiger partial charge >= 0.3 is 0 Å². The van der Waals surface area contributed by atoms with Crippen LogP contribution < -0.4 is 5.73 Å². The number of carbonyl (C=O) groups is 1. The summed E-state index contributed by atoms with van der Waals surface area (Å²) in [6.45, 7) is 1.68. The Morgan fingerprint density at radius 3 is 2.56 bits per heavy atom. The SMILES string of the molecule is CC(O)CCC(=O)[C@@H](N)Cc1ccccc1. The zero-order valence-electron chi connectivity index (χ0n) is 9.60. The topological polar surface area (TPSA) is 63.3 Å². The van der Waals surface area contributed by atoms with E-state index < -0.39 is 12.1 Å². The second kappa shape index (κ2) is 6.40. The van der Waals surface area contributed by atoms with E-state index in [1.165, 1.54) is 0 Å². The fraction of sp³-hybridized carbons (Fsp3) is 0.462. The Hall–Kier alpha value is -1.19. The molecule has 0 aromatic heterocycles. The molecule has 0 spiro atoms. The van der Waals surface area contributed by atoms with Crippen LogP contribution in [0.5, 0.6) is 0 Å². The van der Waals surface area contributed by atoms with Crippen molar-refractivity contribution >= 4 is 5.78 Å². The molecule has 0 radical (unpaired) electrons. The quantitative estimate of drug-likeness (QED) is 0.760. The van der Waals surface area contributed by atoms with Crippen LogP contribution in [0.3, 0.4) is 0 Å². The monoisotopic (exact) mass is 221 g/mol. The number of aliphatic hydroxyl groups is 1. The molecular formula is C13H19NO2. The summed E-state index contributed by atoms with van der Waals surface area (Å²) in [7, 11) is 0. The molecule has 0 bridgehead atoms. The molecule has 1 rings (SSSR count). The van der Waals surface area contributed by atoms with Crippen LogP contribution in [-0.4, -0.2) is 23.0 Å². The van der Waals surface area contributed by atoms with Gasteiger partial charge in [-0.05, 0) is 25.3 Å². The molecule has 0 aliphatic heterocycles. The zero-order chi connectivity index (χ0) is 12.0. The van der Waals surface area contributed by atoms with Crippen molar-refractivity contribution in [3.63, 3.8) is 0 Å². The summed E-state index contributed by atoms with van der Waals surface area (Å²) in [6.07, 6.45) is 0.972. The number of rotatable bonds is 6. The van der Waals surface area contributed by atoms with Crippen molar-refractivity contribution < 1.29 is 9.90 Å². The largest absolute Gasteiger partial charge is 0.393 e. The molecule has 3 N–H and O–H groups in total. The number of Topliss-reactive ketones (excluding diaryl/α,β-unsaturated/α-hetero) is 1. The normalized spacial score (nSPS) is 14.4. The molecule has 0 fully saturated rings. The first-order chi connectivity index (χ1) is 7.59. The van der Waals surface area contributed by atoms with Crippen LogP contribution in [0.1, 0.15) is 25.3 Å². The van der Waals surface area contributed by atoms with Gasteiger partial charge in [-0.1, -0.05) is 30.3 Å². The van der Waals surface area contributed by atoms with Crippen molar-refractivity contribution in [1.29, 1.82) is 0 Å². The smallest absolute Gasteiger partial charge is 0.149 e. The predicted molar refractivity (Wildman–Crippen MR) is 64.0 cm³/mol. The molecule has 16 heavy (non-hydrogen) atoms. The highest BCUT2D eigenvalue weighted by Crippen LogP contribution is 2.05. The number of carbonyl (C=O) groups excluding carboxylic acids is 1. The van der Waals surface area contributed by atoms with Crippen LogP contribution in [0, 0.1) is 0 Å². The molecule has 0 saturated carbocycles. The van der Waals surface area contributed by atoms with E-state index >= 15 is 0 Å². The van der Waals surface area contributed by atoms with E-state index in [0.29, 0.717) is 19.3 Å². The first kappa shape index (κ1) is 12.9. The molecule has 0 aliphatic carbocycles. The van der Waals surface area contributed by atoms with Crippen molar-refractivity contribution in [1.82, 2.24) is 0 Å². The van der Waals surface area contributed by atoms with Gasteiger partial charge in [0.05, 0.1) is 12.1 Å². The molecule has 1 aromatic rings. The third-order valence-corrected chi connectivity index (χ3v) is 2.52. The first-order valence-electron chi connectivity index (χ1n) is 5.60. The van der Waals surface area contributed by atoms with Crippen LogP contribution in [0.4, 0.5) is 0 Å². The summed E-state index contributed by atoms with van der Waals surface area (Å²) < 4.78 is 0. The van der Waals surface area contributed by atoms with Gasteiger partial charge in [0.25, 0.3) is 0 Å². The van der Waals surface area contributed by atoms with Gasteiger partial charge in [0, 0.05) is 6.42 Å². The van der Waals surface area contributed by atoms with Crippen LogP contribution in [0.2, 0.25) is 0 Å². The molecule has 3 nitrogen and oxygen atoms in total. The number of benzene rings is 1. The maximum Gasteiger partial charge on any atom is 0.149 e. The Balaban J connectivity index is 2.40. The Morgan fingerprint density at radius 2 is 2.00 bits per heavy atom. The minimum absolute atomic E-state index is 0.0183. The predicted octanol–water partition coefficient (Wildman–Crippen LogP) is 1.29. The highest BCUT2D eigenvalue weighted by molar-refractivity contribution is 5.84. The third kappa shape index (κ3) is 4.55. The summed E-state index contributed by atoms with van der Waals surface area (Å²) in [5, 5.41) is 9.08. The number of ketones is 1. The minimum atomic E-state index is -0.457.